The lowest BCUT2D eigenvalue weighted by Gasteiger charge is -2.35. The molecular formula is C24H27F2IN6O2. The molecule has 11 heteroatoms. The minimum absolute atomic E-state index is 0.00314. The molecule has 5 rings (SSSR count). The summed E-state index contributed by atoms with van der Waals surface area (Å²) in [5.41, 5.74) is 7.23. The van der Waals surface area contributed by atoms with Crippen LogP contribution in [-0.2, 0) is 0 Å². The molecular weight excluding hydrogens is 569 g/mol. The van der Waals surface area contributed by atoms with Crippen molar-refractivity contribution in [3.63, 3.8) is 0 Å². The highest BCUT2D eigenvalue weighted by Crippen LogP contribution is 2.54. The van der Waals surface area contributed by atoms with Crippen LogP contribution in [0.2, 0.25) is 0 Å². The van der Waals surface area contributed by atoms with E-state index in [0.717, 1.165) is 35.2 Å². The van der Waals surface area contributed by atoms with Gasteiger partial charge in [-0.3, -0.25) is 20.4 Å². The van der Waals surface area contributed by atoms with E-state index in [2.05, 4.69) is 48.3 Å². The van der Waals surface area contributed by atoms with Crippen LogP contribution in [0.4, 0.5) is 20.4 Å². The fourth-order valence-electron chi connectivity index (χ4n) is 4.82. The molecule has 0 atom stereocenters. The molecule has 3 fully saturated rings. The fourth-order valence-corrected chi connectivity index (χ4v) is 5.29. The highest BCUT2D eigenvalue weighted by molar-refractivity contribution is 14.1. The van der Waals surface area contributed by atoms with Gasteiger partial charge in [0.15, 0.2) is 0 Å². The standard InChI is InChI=1S/C24H27F2IN6O2/c1-15-12-18(29-22(28-15)33-11-8-24(25,26)14-33)21(35)31-30-20(34)17-3-2-16(27)13-19(17)32-9-6-23(4-5-23)7-10-32/h2-3,12-13H,4-11,14H2,1H3,(H,30,34)(H,31,35). The average Bonchev–Trinajstić information content (AvgIpc) is 3.47. The summed E-state index contributed by atoms with van der Waals surface area (Å²) in [4.78, 5) is 37.8. The number of nitrogens with one attached hydrogen (secondary N) is 2. The number of carbonyl (C=O) groups excluding carboxylic acids is 2. The van der Waals surface area contributed by atoms with Crippen LogP contribution in [0, 0.1) is 15.9 Å². The van der Waals surface area contributed by atoms with Crippen molar-refractivity contribution >= 4 is 46.0 Å². The molecule has 1 spiro atoms. The predicted molar refractivity (Wildman–Crippen MR) is 136 cm³/mol. The summed E-state index contributed by atoms with van der Waals surface area (Å²) in [6, 6.07) is 7.07. The number of hydrogen-bond acceptors (Lipinski definition) is 6. The first-order valence-corrected chi connectivity index (χ1v) is 12.8. The summed E-state index contributed by atoms with van der Waals surface area (Å²) in [6.07, 6.45) is 4.59. The fraction of sp³-hybridized carbons (Fsp3) is 0.500. The van der Waals surface area contributed by atoms with Crippen molar-refractivity contribution in [2.45, 2.75) is 45.0 Å². The van der Waals surface area contributed by atoms with Gasteiger partial charge in [0, 0.05) is 35.3 Å². The quantitative estimate of drug-likeness (QED) is 0.414. The number of nitrogens with zero attached hydrogens (tertiary/aromatic N) is 4. The van der Waals surface area contributed by atoms with Crippen LogP contribution in [0.25, 0.3) is 0 Å². The molecule has 2 saturated heterocycles. The lowest BCUT2D eigenvalue weighted by molar-refractivity contribution is 0.0256. The van der Waals surface area contributed by atoms with Gasteiger partial charge in [-0.15, -0.1) is 0 Å². The van der Waals surface area contributed by atoms with Gasteiger partial charge in [0.2, 0.25) is 5.95 Å². The zero-order valence-electron chi connectivity index (χ0n) is 19.4. The smallest absolute Gasteiger partial charge is 0.288 e. The number of amides is 2. The SMILES string of the molecule is Cc1cc(C(=O)NNC(=O)c2ccc(I)cc2N2CCC3(CC2)CC3)nc(N2CCC(F)(F)C2)n1. The second kappa shape index (κ2) is 9.14. The first kappa shape index (κ1) is 24.1. The second-order valence-corrected chi connectivity index (χ2v) is 11.0. The number of benzene rings is 1. The van der Waals surface area contributed by atoms with Gasteiger partial charge in [-0.2, -0.15) is 0 Å². The Morgan fingerprint density at radius 1 is 0.943 bits per heavy atom. The Hall–Kier alpha value is -2.57. The van der Waals surface area contributed by atoms with Crippen molar-refractivity contribution < 1.29 is 18.4 Å². The van der Waals surface area contributed by atoms with Crippen molar-refractivity contribution in [3.05, 3.63) is 44.8 Å². The van der Waals surface area contributed by atoms with Crippen molar-refractivity contribution in [2.24, 2.45) is 5.41 Å². The van der Waals surface area contributed by atoms with E-state index in [1.165, 1.54) is 23.8 Å². The van der Waals surface area contributed by atoms with E-state index < -0.39 is 24.3 Å². The summed E-state index contributed by atoms with van der Waals surface area (Å²) in [5, 5.41) is 0. The molecule has 3 aliphatic rings. The maximum absolute atomic E-state index is 13.6. The van der Waals surface area contributed by atoms with E-state index in [0.29, 0.717) is 16.7 Å². The van der Waals surface area contributed by atoms with Gasteiger partial charge in [-0.25, -0.2) is 18.7 Å². The molecule has 35 heavy (non-hydrogen) atoms. The van der Waals surface area contributed by atoms with E-state index in [1.807, 2.05) is 12.1 Å². The number of anilines is 2. The van der Waals surface area contributed by atoms with Gasteiger partial charge in [-0.05, 0) is 84.9 Å². The van der Waals surface area contributed by atoms with Crippen molar-refractivity contribution in [3.8, 4) is 0 Å². The third kappa shape index (κ3) is 5.34. The normalized spacial score (nSPS) is 20.1. The Labute approximate surface area is 216 Å². The van der Waals surface area contributed by atoms with Gasteiger partial charge in [0.05, 0.1) is 17.8 Å². The first-order chi connectivity index (χ1) is 16.6. The minimum atomic E-state index is -2.80. The molecule has 1 aromatic carbocycles. The largest absolute Gasteiger partial charge is 0.371 e. The van der Waals surface area contributed by atoms with E-state index in [9.17, 15) is 18.4 Å². The van der Waals surface area contributed by atoms with Gasteiger partial charge in [-0.1, -0.05) is 0 Å². The van der Waals surface area contributed by atoms with E-state index in [-0.39, 0.29) is 24.6 Å². The monoisotopic (exact) mass is 596 g/mol. The highest BCUT2D eigenvalue weighted by Gasteiger charge is 2.44. The van der Waals surface area contributed by atoms with Crippen molar-refractivity contribution in [1.29, 1.82) is 0 Å². The molecule has 3 heterocycles. The molecule has 2 amide bonds. The summed E-state index contributed by atoms with van der Waals surface area (Å²) < 4.78 is 28.3. The van der Waals surface area contributed by atoms with E-state index in [4.69, 9.17) is 0 Å². The molecule has 0 bridgehead atoms. The Morgan fingerprint density at radius 3 is 2.29 bits per heavy atom. The zero-order chi connectivity index (χ0) is 24.8. The molecule has 1 saturated carbocycles. The number of piperidine rings is 1. The second-order valence-electron chi connectivity index (χ2n) is 9.78. The number of hydrazine groups is 1. The Bertz CT molecular complexity index is 1160. The topological polar surface area (TPSA) is 90.5 Å². The molecule has 8 nitrogen and oxygen atoms in total. The van der Waals surface area contributed by atoms with Crippen LogP contribution in [0.5, 0.6) is 0 Å². The molecule has 2 aromatic rings. The number of halogens is 3. The molecule has 1 aliphatic carbocycles. The van der Waals surface area contributed by atoms with Crippen LogP contribution in [-0.4, -0.2) is 53.9 Å². The molecule has 2 N–H and O–H groups in total. The zero-order valence-corrected chi connectivity index (χ0v) is 21.6. The van der Waals surface area contributed by atoms with Gasteiger partial charge >= 0.3 is 0 Å². The van der Waals surface area contributed by atoms with Gasteiger partial charge in [0.1, 0.15) is 5.69 Å². The summed E-state index contributed by atoms with van der Waals surface area (Å²) in [7, 11) is 0. The molecule has 2 aliphatic heterocycles. The van der Waals surface area contributed by atoms with Gasteiger partial charge < -0.3 is 9.80 Å². The first-order valence-electron chi connectivity index (χ1n) is 11.8. The average molecular weight is 596 g/mol. The Balaban J connectivity index is 1.26. The van der Waals surface area contributed by atoms with Crippen LogP contribution in [0.3, 0.4) is 0 Å². The van der Waals surface area contributed by atoms with Crippen LogP contribution in [0.1, 0.15) is 58.6 Å². The number of carbonyl (C=O) groups is 2. The lowest BCUT2D eigenvalue weighted by atomic mass is 9.93. The number of hydrogen-bond donors (Lipinski definition) is 2. The molecule has 0 unspecified atom stereocenters. The predicted octanol–water partition coefficient (Wildman–Crippen LogP) is 3.69. The molecule has 1 aromatic heterocycles. The number of alkyl halides is 2. The van der Waals surface area contributed by atoms with Crippen LogP contribution >= 0.6 is 22.6 Å². The lowest BCUT2D eigenvalue weighted by Crippen LogP contribution is -2.43. The number of aromatic nitrogens is 2. The Morgan fingerprint density at radius 2 is 1.63 bits per heavy atom. The maximum atomic E-state index is 13.6. The molecule has 0 radical (unpaired) electrons. The summed E-state index contributed by atoms with van der Waals surface area (Å²) >= 11 is 2.23. The van der Waals surface area contributed by atoms with Crippen molar-refractivity contribution in [1.82, 2.24) is 20.8 Å². The third-order valence-corrected chi connectivity index (χ3v) is 7.81. The van der Waals surface area contributed by atoms with E-state index in [1.54, 1.807) is 13.0 Å². The van der Waals surface area contributed by atoms with Crippen LogP contribution in [0.15, 0.2) is 24.3 Å². The van der Waals surface area contributed by atoms with E-state index >= 15 is 0 Å². The summed E-state index contributed by atoms with van der Waals surface area (Å²) in [6.45, 7) is 3.11. The van der Waals surface area contributed by atoms with Gasteiger partial charge in [0.25, 0.3) is 17.7 Å². The molecule has 186 valence electrons. The minimum Gasteiger partial charge on any atom is -0.371 e. The summed E-state index contributed by atoms with van der Waals surface area (Å²) in [5.74, 6) is -3.79. The third-order valence-electron chi connectivity index (χ3n) is 7.14. The van der Waals surface area contributed by atoms with Crippen molar-refractivity contribution in [2.75, 3.05) is 36.0 Å². The maximum Gasteiger partial charge on any atom is 0.288 e. The highest BCUT2D eigenvalue weighted by atomic mass is 127. The van der Waals surface area contributed by atoms with Crippen LogP contribution < -0.4 is 20.7 Å². The Kier molecular flexibility index (Phi) is 6.30. The number of rotatable bonds is 4. The number of aryl methyl sites for hydroxylation is 1.